The minimum Gasteiger partial charge on any atom is -0.351 e. The maximum atomic E-state index is 12.9. The molecule has 0 aliphatic carbocycles. The number of hydrogen-bond donors (Lipinski definition) is 3. The zero-order valence-corrected chi connectivity index (χ0v) is 25.8. The number of para-hydroxylation sites is 1. The number of aldehydes is 1. The molecule has 12 heteroatoms. The lowest BCUT2D eigenvalue weighted by Gasteiger charge is -2.35. The number of urea groups is 1. The first-order chi connectivity index (χ1) is 20.7. The molecular weight excluding hydrogens is 572 g/mol. The predicted molar refractivity (Wildman–Crippen MR) is 166 cm³/mol. The molecule has 3 aromatic rings. The van der Waals surface area contributed by atoms with Gasteiger partial charge in [-0.1, -0.05) is 48.0 Å². The van der Waals surface area contributed by atoms with Crippen molar-refractivity contribution in [2.75, 3.05) is 33.4 Å². The lowest BCUT2D eigenvalue weighted by molar-refractivity contribution is -0.172. The summed E-state index contributed by atoms with van der Waals surface area (Å²) in [6, 6.07) is 15.4. The van der Waals surface area contributed by atoms with E-state index >= 15 is 0 Å². The van der Waals surface area contributed by atoms with Crippen LogP contribution in [0.3, 0.4) is 0 Å². The molecule has 11 nitrogen and oxygen atoms in total. The Morgan fingerprint density at radius 3 is 2.42 bits per heavy atom. The van der Waals surface area contributed by atoms with E-state index in [0.717, 1.165) is 22.0 Å². The molecule has 3 N–H and O–H groups in total. The first-order valence-corrected chi connectivity index (χ1v) is 14.7. The molecule has 0 spiro atoms. The number of pyridine rings is 1. The number of hydrazine groups is 1. The van der Waals surface area contributed by atoms with E-state index in [0.29, 0.717) is 37.6 Å². The Morgan fingerprint density at radius 2 is 1.74 bits per heavy atom. The van der Waals surface area contributed by atoms with Gasteiger partial charge in [-0.25, -0.2) is 9.80 Å². The van der Waals surface area contributed by atoms with E-state index in [1.165, 1.54) is 5.01 Å². The number of likely N-dealkylation sites (N-methyl/N-ethyl adjacent to an activating group) is 1. The first-order valence-electron chi connectivity index (χ1n) is 14.3. The molecule has 1 heterocycles. The Hall–Kier alpha value is -3.61. The molecule has 43 heavy (non-hydrogen) atoms. The lowest BCUT2D eigenvalue weighted by atomic mass is 10.1. The van der Waals surface area contributed by atoms with Crippen molar-refractivity contribution in [3.63, 3.8) is 0 Å². The Balaban J connectivity index is 1.64. The molecule has 232 valence electrons. The van der Waals surface area contributed by atoms with Gasteiger partial charge in [0, 0.05) is 56.5 Å². The molecule has 0 bridgehead atoms. The summed E-state index contributed by atoms with van der Waals surface area (Å²) in [6.07, 6.45) is 1.92. The summed E-state index contributed by atoms with van der Waals surface area (Å²) in [5.74, 6) is -0.428. The van der Waals surface area contributed by atoms with Crippen LogP contribution in [0.5, 0.6) is 0 Å². The lowest BCUT2D eigenvalue weighted by Crippen LogP contribution is -2.53. The van der Waals surface area contributed by atoms with Gasteiger partial charge < -0.3 is 24.9 Å². The van der Waals surface area contributed by atoms with Crippen LogP contribution in [-0.4, -0.2) is 84.8 Å². The van der Waals surface area contributed by atoms with Gasteiger partial charge in [0.1, 0.15) is 6.29 Å². The third-order valence-electron chi connectivity index (χ3n) is 6.70. The second-order valence-corrected chi connectivity index (χ2v) is 10.5. The standard InChI is InChI=1S/C31H41ClN6O5/c1-5-42-30(43-6-2)22(3)38(18-25-10-7-9-24-11-8-16-33-29(24)25)19-27(21-39)35-28(40)20-37(4)36-31(41)34-17-23-12-14-26(32)15-13-23/h7-16,21-22,27,30H,5-6,17-20H2,1-4H3,(H,35,40)(H2,34,36,41)/t22-,27-/m0/s1. The van der Waals surface area contributed by atoms with Crippen LogP contribution in [0.25, 0.3) is 10.9 Å². The Bertz CT molecular complexity index is 1320. The summed E-state index contributed by atoms with van der Waals surface area (Å²) in [4.78, 5) is 44.0. The summed E-state index contributed by atoms with van der Waals surface area (Å²) >= 11 is 5.90. The molecule has 0 unspecified atom stereocenters. The van der Waals surface area contributed by atoms with Crippen LogP contribution in [0.15, 0.2) is 60.8 Å². The Morgan fingerprint density at radius 1 is 1.05 bits per heavy atom. The fourth-order valence-corrected chi connectivity index (χ4v) is 4.72. The summed E-state index contributed by atoms with van der Waals surface area (Å²) in [5, 5.41) is 8.46. The van der Waals surface area contributed by atoms with Gasteiger partial charge in [0.25, 0.3) is 0 Å². The van der Waals surface area contributed by atoms with Gasteiger partial charge >= 0.3 is 6.03 Å². The molecule has 0 aliphatic rings. The number of hydrogen-bond acceptors (Lipinski definition) is 8. The average molecular weight is 613 g/mol. The number of amides is 3. The molecule has 0 saturated heterocycles. The topological polar surface area (TPSA) is 125 Å². The molecule has 0 saturated carbocycles. The van der Waals surface area contributed by atoms with Gasteiger partial charge in [0.2, 0.25) is 5.91 Å². The number of nitrogens with one attached hydrogen (secondary N) is 3. The quantitative estimate of drug-likeness (QED) is 0.120. The van der Waals surface area contributed by atoms with Crippen molar-refractivity contribution in [3.8, 4) is 0 Å². The van der Waals surface area contributed by atoms with E-state index in [4.69, 9.17) is 21.1 Å². The molecule has 3 rings (SSSR count). The number of fused-ring (bicyclic) bond motifs is 1. The highest BCUT2D eigenvalue weighted by Gasteiger charge is 2.28. The van der Waals surface area contributed by atoms with Crippen LogP contribution in [0.1, 0.15) is 31.9 Å². The molecular formula is C31H41ClN6O5. The number of nitrogens with zero attached hydrogens (tertiary/aromatic N) is 3. The normalized spacial score (nSPS) is 12.8. The zero-order valence-electron chi connectivity index (χ0n) is 25.1. The second kappa shape index (κ2) is 17.5. The number of ether oxygens (including phenoxy) is 2. The number of halogens is 1. The Labute approximate surface area is 257 Å². The number of benzene rings is 2. The van der Waals surface area contributed by atoms with Gasteiger partial charge in [-0.15, -0.1) is 0 Å². The fourth-order valence-electron chi connectivity index (χ4n) is 4.60. The minimum atomic E-state index is -0.825. The fraction of sp³-hybridized carbons (Fsp3) is 0.419. The largest absolute Gasteiger partial charge is 0.351 e. The summed E-state index contributed by atoms with van der Waals surface area (Å²) < 4.78 is 11.8. The van der Waals surface area contributed by atoms with Crippen molar-refractivity contribution in [2.45, 2.75) is 52.2 Å². The van der Waals surface area contributed by atoms with E-state index in [2.05, 4.69) is 21.0 Å². The van der Waals surface area contributed by atoms with Crippen molar-refractivity contribution < 1.29 is 23.9 Å². The monoisotopic (exact) mass is 612 g/mol. The van der Waals surface area contributed by atoms with Gasteiger partial charge in [-0.3, -0.25) is 20.1 Å². The van der Waals surface area contributed by atoms with E-state index < -0.39 is 24.3 Å². The third-order valence-corrected chi connectivity index (χ3v) is 6.95. The molecule has 1 aromatic heterocycles. The summed E-state index contributed by atoms with van der Waals surface area (Å²) in [6.45, 7) is 7.46. The number of rotatable bonds is 17. The summed E-state index contributed by atoms with van der Waals surface area (Å²) in [7, 11) is 1.56. The van der Waals surface area contributed by atoms with Crippen LogP contribution in [-0.2, 0) is 32.2 Å². The summed E-state index contributed by atoms with van der Waals surface area (Å²) in [5.41, 5.74) is 5.31. The van der Waals surface area contributed by atoms with E-state index in [-0.39, 0.29) is 19.1 Å². The van der Waals surface area contributed by atoms with E-state index in [1.807, 2.05) is 68.1 Å². The van der Waals surface area contributed by atoms with Crippen LogP contribution < -0.4 is 16.1 Å². The van der Waals surface area contributed by atoms with Crippen molar-refractivity contribution in [2.24, 2.45) is 0 Å². The third kappa shape index (κ3) is 10.9. The van der Waals surface area contributed by atoms with Gasteiger partial charge in [0.05, 0.1) is 24.1 Å². The van der Waals surface area contributed by atoms with Crippen molar-refractivity contribution in [3.05, 3.63) is 76.9 Å². The maximum Gasteiger partial charge on any atom is 0.329 e. The minimum absolute atomic E-state index is 0.165. The molecule has 2 atom stereocenters. The number of aromatic nitrogens is 1. The molecule has 3 amide bonds. The van der Waals surface area contributed by atoms with E-state index in [9.17, 15) is 14.4 Å². The second-order valence-electron chi connectivity index (χ2n) is 10.0. The van der Waals surface area contributed by atoms with Gasteiger partial charge in [-0.05, 0) is 50.1 Å². The highest BCUT2D eigenvalue weighted by Crippen LogP contribution is 2.21. The van der Waals surface area contributed by atoms with Crippen molar-refractivity contribution in [1.82, 2.24) is 31.0 Å². The predicted octanol–water partition coefficient (Wildman–Crippen LogP) is 3.51. The van der Waals surface area contributed by atoms with Gasteiger partial charge in [-0.2, -0.15) is 0 Å². The molecule has 2 aromatic carbocycles. The van der Waals surface area contributed by atoms with Crippen molar-refractivity contribution >= 4 is 40.7 Å². The van der Waals surface area contributed by atoms with E-state index in [1.54, 1.807) is 25.4 Å². The average Bonchev–Trinajstić information content (AvgIpc) is 2.99. The Kier molecular flexibility index (Phi) is 13.8. The van der Waals surface area contributed by atoms with Crippen molar-refractivity contribution in [1.29, 1.82) is 0 Å². The van der Waals surface area contributed by atoms with Crippen LogP contribution >= 0.6 is 11.6 Å². The highest BCUT2D eigenvalue weighted by atomic mass is 35.5. The zero-order chi connectivity index (χ0) is 31.2. The molecule has 0 aliphatic heterocycles. The SMILES string of the molecule is CCOC(OCC)[C@H](C)N(Cc1cccc2cccnc12)C[C@@H](C=O)NC(=O)CN(C)NC(=O)NCc1ccc(Cl)cc1. The molecule has 0 fully saturated rings. The highest BCUT2D eigenvalue weighted by molar-refractivity contribution is 6.30. The van der Waals surface area contributed by atoms with Crippen LogP contribution in [0, 0.1) is 0 Å². The first kappa shape index (κ1) is 33.9. The molecule has 0 radical (unpaired) electrons. The van der Waals surface area contributed by atoms with Gasteiger partial charge in [0.15, 0.2) is 6.29 Å². The maximum absolute atomic E-state index is 12.9. The van der Waals surface area contributed by atoms with Crippen LogP contribution in [0.2, 0.25) is 5.02 Å². The smallest absolute Gasteiger partial charge is 0.329 e. The number of carbonyl (C=O) groups excluding carboxylic acids is 3. The number of carbonyl (C=O) groups is 3. The van der Waals surface area contributed by atoms with Crippen LogP contribution in [0.4, 0.5) is 4.79 Å².